The van der Waals surface area contributed by atoms with Gasteiger partial charge in [0.05, 0.1) is 6.04 Å². The van der Waals surface area contributed by atoms with E-state index >= 15 is 0 Å². The number of hydrogen-bond donors (Lipinski definition) is 0. The summed E-state index contributed by atoms with van der Waals surface area (Å²) in [7, 11) is 1.81. The molecule has 1 aliphatic heterocycles. The summed E-state index contributed by atoms with van der Waals surface area (Å²) >= 11 is 0. The molecule has 1 atom stereocenters. The minimum atomic E-state index is -4.63. The van der Waals surface area contributed by atoms with Crippen molar-refractivity contribution in [3.63, 3.8) is 0 Å². The molecule has 0 radical (unpaired) electrons. The van der Waals surface area contributed by atoms with Crippen LogP contribution in [0.1, 0.15) is 37.2 Å². The third kappa shape index (κ3) is 4.19. The van der Waals surface area contributed by atoms with Gasteiger partial charge in [-0.1, -0.05) is 30.3 Å². The van der Waals surface area contributed by atoms with Gasteiger partial charge in [0.15, 0.2) is 5.65 Å². The van der Waals surface area contributed by atoms with Gasteiger partial charge in [-0.15, -0.1) is 15.3 Å². The van der Waals surface area contributed by atoms with E-state index in [1.807, 2.05) is 49.2 Å². The Labute approximate surface area is 177 Å². The molecule has 1 unspecified atom stereocenters. The molecule has 0 N–H and O–H groups in total. The van der Waals surface area contributed by atoms with Crippen LogP contribution in [0.2, 0.25) is 0 Å². The van der Waals surface area contributed by atoms with Gasteiger partial charge in [-0.25, -0.2) is 0 Å². The van der Waals surface area contributed by atoms with Gasteiger partial charge in [-0.2, -0.15) is 17.7 Å². The van der Waals surface area contributed by atoms with Gasteiger partial charge >= 0.3 is 6.18 Å². The van der Waals surface area contributed by atoms with E-state index in [9.17, 15) is 18.0 Å². The Morgan fingerprint density at radius 1 is 1.10 bits per heavy atom. The lowest BCUT2D eigenvalue weighted by Gasteiger charge is -2.35. The van der Waals surface area contributed by atoms with Crippen molar-refractivity contribution in [2.75, 3.05) is 25.0 Å². The third-order valence-electron chi connectivity index (χ3n) is 5.88. The maximum Gasteiger partial charge on any atom is 0.453 e. The highest BCUT2D eigenvalue weighted by Gasteiger charge is 2.38. The number of halogens is 3. The SMILES string of the molecule is CC(c1ccccc1)N(C)C(=O)C1CCN(c2ccc3nnc(C(F)(F)F)n3n2)CC1. The molecule has 1 fully saturated rings. The number of carbonyl (C=O) groups excluding carboxylic acids is 1. The van der Waals surface area contributed by atoms with Crippen LogP contribution in [0.5, 0.6) is 0 Å². The highest BCUT2D eigenvalue weighted by atomic mass is 19.4. The van der Waals surface area contributed by atoms with Crippen molar-refractivity contribution in [3.8, 4) is 0 Å². The normalized spacial score (nSPS) is 16.5. The van der Waals surface area contributed by atoms with E-state index in [2.05, 4.69) is 15.3 Å². The topological polar surface area (TPSA) is 66.6 Å². The van der Waals surface area contributed by atoms with Crippen LogP contribution in [0.15, 0.2) is 42.5 Å². The van der Waals surface area contributed by atoms with E-state index < -0.39 is 12.0 Å². The third-order valence-corrected chi connectivity index (χ3v) is 5.88. The Bertz CT molecular complexity index is 1060. The minimum Gasteiger partial charge on any atom is -0.355 e. The van der Waals surface area contributed by atoms with Gasteiger partial charge in [0, 0.05) is 26.1 Å². The van der Waals surface area contributed by atoms with Gasteiger partial charge < -0.3 is 9.80 Å². The largest absolute Gasteiger partial charge is 0.453 e. The Balaban J connectivity index is 1.43. The summed E-state index contributed by atoms with van der Waals surface area (Å²) in [5.41, 5.74) is 1.11. The van der Waals surface area contributed by atoms with Crippen molar-refractivity contribution in [2.24, 2.45) is 5.92 Å². The van der Waals surface area contributed by atoms with Crippen molar-refractivity contribution in [1.29, 1.82) is 0 Å². The summed E-state index contributed by atoms with van der Waals surface area (Å²) < 4.78 is 40.1. The van der Waals surface area contributed by atoms with E-state index in [0.717, 1.165) is 10.1 Å². The predicted molar refractivity (Wildman–Crippen MR) is 108 cm³/mol. The van der Waals surface area contributed by atoms with Crippen LogP contribution < -0.4 is 4.90 Å². The zero-order valence-corrected chi connectivity index (χ0v) is 17.3. The van der Waals surface area contributed by atoms with Crippen molar-refractivity contribution < 1.29 is 18.0 Å². The summed E-state index contributed by atoms with van der Waals surface area (Å²) in [6, 6.07) is 12.9. The fraction of sp³-hybridized carbons (Fsp3) is 0.429. The van der Waals surface area contributed by atoms with Crippen LogP contribution in [0.25, 0.3) is 5.65 Å². The Kier molecular flexibility index (Phi) is 5.55. The molecule has 1 saturated heterocycles. The smallest absolute Gasteiger partial charge is 0.355 e. The quantitative estimate of drug-likeness (QED) is 0.631. The zero-order valence-electron chi connectivity index (χ0n) is 17.3. The maximum absolute atomic E-state index is 13.1. The highest BCUT2D eigenvalue weighted by molar-refractivity contribution is 5.79. The first-order valence-electron chi connectivity index (χ1n) is 10.1. The van der Waals surface area contributed by atoms with Crippen LogP contribution in [-0.2, 0) is 11.0 Å². The summed E-state index contributed by atoms with van der Waals surface area (Å²) in [5.74, 6) is -0.782. The molecule has 0 aliphatic carbocycles. The summed E-state index contributed by atoms with van der Waals surface area (Å²) in [4.78, 5) is 16.7. The second-order valence-corrected chi connectivity index (χ2v) is 7.78. The van der Waals surface area contributed by atoms with Crippen LogP contribution in [0.4, 0.5) is 19.0 Å². The fourth-order valence-electron chi connectivity index (χ4n) is 3.91. The average molecular weight is 432 g/mol. The molecule has 2 aromatic heterocycles. The number of alkyl halides is 3. The number of rotatable bonds is 4. The Hall–Kier alpha value is -3.17. The number of hydrogen-bond acceptors (Lipinski definition) is 5. The molecule has 31 heavy (non-hydrogen) atoms. The van der Waals surface area contributed by atoms with Crippen LogP contribution in [-0.4, -0.2) is 50.8 Å². The first kappa shape index (κ1) is 21.1. The monoisotopic (exact) mass is 432 g/mol. The van der Waals surface area contributed by atoms with Gasteiger partial charge in [0.25, 0.3) is 5.82 Å². The Morgan fingerprint density at radius 2 is 1.77 bits per heavy atom. The summed E-state index contributed by atoms with van der Waals surface area (Å²) in [5, 5.41) is 10.8. The van der Waals surface area contributed by atoms with Gasteiger partial charge in [-0.05, 0) is 37.5 Å². The lowest BCUT2D eigenvalue weighted by Crippen LogP contribution is -2.42. The molecule has 4 rings (SSSR count). The molecule has 3 heterocycles. The van der Waals surface area contributed by atoms with E-state index in [-0.39, 0.29) is 23.5 Å². The van der Waals surface area contributed by atoms with Crippen molar-refractivity contribution >= 4 is 17.4 Å². The molecule has 1 aromatic carbocycles. The number of anilines is 1. The van der Waals surface area contributed by atoms with E-state index in [1.165, 1.54) is 6.07 Å². The number of nitrogens with zero attached hydrogens (tertiary/aromatic N) is 6. The highest BCUT2D eigenvalue weighted by Crippen LogP contribution is 2.29. The molecular weight excluding hydrogens is 409 g/mol. The molecule has 0 bridgehead atoms. The van der Waals surface area contributed by atoms with E-state index in [0.29, 0.717) is 31.7 Å². The molecule has 7 nitrogen and oxygen atoms in total. The summed E-state index contributed by atoms with van der Waals surface area (Å²) in [6.07, 6.45) is -3.41. The molecule has 10 heteroatoms. The van der Waals surface area contributed by atoms with Crippen LogP contribution >= 0.6 is 0 Å². The predicted octanol–water partition coefficient (Wildman–Crippen LogP) is 3.58. The molecule has 164 valence electrons. The molecule has 0 spiro atoms. The molecule has 1 aliphatic rings. The van der Waals surface area contributed by atoms with Crippen LogP contribution in [0.3, 0.4) is 0 Å². The van der Waals surface area contributed by atoms with Gasteiger partial charge in [-0.3, -0.25) is 4.79 Å². The van der Waals surface area contributed by atoms with E-state index in [4.69, 9.17) is 0 Å². The Morgan fingerprint density at radius 3 is 2.42 bits per heavy atom. The fourth-order valence-corrected chi connectivity index (χ4v) is 3.91. The van der Waals surface area contributed by atoms with Crippen molar-refractivity contribution in [3.05, 3.63) is 53.9 Å². The summed E-state index contributed by atoms with van der Waals surface area (Å²) in [6.45, 7) is 3.07. The number of benzene rings is 1. The maximum atomic E-state index is 13.1. The molecular formula is C21H23F3N6O. The minimum absolute atomic E-state index is 0.0367. The lowest BCUT2D eigenvalue weighted by molar-refractivity contribution is -0.146. The zero-order chi connectivity index (χ0) is 22.2. The number of piperidine rings is 1. The first-order valence-corrected chi connectivity index (χ1v) is 10.1. The van der Waals surface area contributed by atoms with Gasteiger partial charge in [0.2, 0.25) is 5.91 Å². The van der Waals surface area contributed by atoms with Crippen LogP contribution in [0, 0.1) is 5.92 Å². The number of carbonyl (C=O) groups is 1. The molecule has 0 saturated carbocycles. The second-order valence-electron chi connectivity index (χ2n) is 7.78. The second kappa shape index (κ2) is 8.16. The molecule has 1 amide bonds. The molecule has 3 aromatic rings. The number of fused-ring (bicyclic) bond motifs is 1. The standard InChI is InChI=1S/C21H23F3N6O/c1-14(15-6-4-3-5-7-15)28(2)19(31)16-10-12-29(13-11-16)18-9-8-17-25-26-20(21(22,23)24)30(17)27-18/h3-9,14,16H,10-13H2,1-2H3. The van der Waals surface area contributed by atoms with Crippen molar-refractivity contribution in [2.45, 2.75) is 32.0 Å². The van der Waals surface area contributed by atoms with E-state index in [1.54, 1.807) is 11.0 Å². The average Bonchev–Trinajstić information content (AvgIpc) is 3.22. The lowest BCUT2D eigenvalue weighted by atomic mass is 9.94. The van der Waals surface area contributed by atoms with Crippen molar-refractivity contribution in [1.82, 2.24) is 24.7 Å². The number of amides is 1. The number of aromatic nitrogens is 4. The first-order chi connectivity index (χ1) is 14.8. The van der Waals surface area contributed by atoms with Gasteiger partial charge in [0.1, 0.15) is 5.82 Å².